The van der Waals surface area contributed by atoms with Gasteiger partial charge in [0.15, 0.2) is 0 Å². The molecule has 0 bridgehead atoms. The van der Waals surface area contributed by atoms with E-state index < -0.39 is 11.7 Å². The molecule has 0 fully saturated rings. The van der Waals surface area contributed by atoms with E-state index in [1.165, 1.54) is 12.1 Å². The maximum Gasteiger partial charge on any atom is 0.417 e. The Labute approximate surface area is 80.5 Å². The Morgan fingerprint density at radius 1 is 1.25 bits per heavy atom. The molecule has 1 rings (SSSR count). The van der Waals surface area contributed by atoms with Crippen LogP contribution in [0.2, 0.25) is 5.02 Å². The molecule has 0 spiro atoms. The topological polar surface area (TPSA) is 0 Å². The lowest BCUT2D eigenvalue weighted by atomic mass is 10.2. The molecule has 0 saturated heterocycles. The first-order chi connectivity index (χ1) is 5.41. The molecule has 0 radical (unpaired) electrons. The van der Waals surface area contributed by atoms with E-state index in [0.717, 1.165) is 6.07 Å². The highest BCUT2D eigenvalue weighted by molar-refractivity contribution is 9.10. The Morgan fingerprint density at radius 2 is 1.83 bits per heavy atom. The predicted octanol–water partition coefficient (Wildman–Crippen LogP) is 4.12. The van der Waals surface area contributed by atoms with Gasteiger partial charge in [-0.1, -0.05) is 27.5 Å². The van der Waals surface area contributed by atoms with Crippen LogP contribution in [0.15, 0.2) is 22.7 Å². The van der Waals surface area contributed by atoms with Gasteiger partial charge in [0, 0.05) is 4.47 Å². The van der Waals surface area contributed by atoms with Gasteiger partial charge in [-0.25, -0.2) is 0 Å². The fraction of sp³-hybridized carbons (Fsp3) is 0.143. The fourth-order valence-corrected chi connectivity index (χ4v) is 1.50. The lowest BCUT2D eigenvalue weighted by Gasteiger charge is -2.07. The molecule has 1 aromatic carbocycles. The van der Waals surface area contributed by atoms with Crippen molar-refractivity contribution < 1.29 is 13.2 Å². The first-order valence-electron chi connectivity index (χ1n) is 2.93. The summed E-state index contributed by atoms with van der Waals surface area (Å²) < 4.78 is 36.8. The van der Waals surface area contributed by atoms with Crippen LogP contribution in [0, 0.1) is 0 Å². The van der Waals surface area contributed by atoms with Crippen LogP contribution in [0.5, 0.6) is 0 Å². The molecule has 0 unspecified atom stereocenters. The summed E-state index contributed by atoms with van der Waals surface area (Å²) in [5.41, 5.74) is -0.813. The van der Waals surface area contributed by atoms with E-state index in [4.69, 9.17) is 11.6 Å². The summed E-state index contributed by atoms with van der Waals surface area (Å²) >= 11 is 8.38. The average Bonchev–Trinajstić information content (AvgIpc) is 1.83. The molecule has 66 valence electrons. The van der Waals surface area contributed by atoms with Gasteiger partial charge in [0.05, 0.1) is 10.6 Å². The standard InChI is InChI=1S/C7H3BrClF3/c8-4-1-2-5(6(9)3-4)7(10,11)12/h1-3H. The second-order valence-electron chi connectivity index (χ2n) is 2.12. The minimum Gasteiger partial charge on any atom is -0.166 e. The van der Waals surface area contributed by atoms with E-state index >= 15 is 0 Å². The van der Waals surface area contributed by atoms with Gasteiger partial charge in [0.1, 0.15) is 0 Å². The molecule has 0 saturated carbocycles. The minimum absolute atomic E-state index is 0.295. The lowest BCUT2D eigenvalue weighted by Crippen LogP contribution is -2.05. The lowest BCUT2D eigenvalue weighted by molar-refractivity contribution is -0.137. The number of rotatable bonds is 0. The molecule has 0 aromatic heterocycles. The van der Waals surface area contributed by atoms with E-state index in [9.17, 15) is 13.2 Å². The summed E-state index contributed by atoms with van der Waals surface area (Å²) in [5, 5.41) is -0.295. The Kier molecular flexibility index (Phi) is 2.68. The molecule has 0 amide bonds. The summed E-state index contributed by atoms with van der Waals surface area (Å²) in [4.78, 5) is 0. The highest BCUT2D eigenvalue weighted by atomic mass is 79.9. The zero-order chi connectivity index (χ0) is 9.35. The molecule has 0 heterocycles. The minimum atomic E-state index is -4.38. The van der Waals surface area contributed by atoms with Crippen molar-refractivity contribution in [2.75, 3.05) is 0 Å². The molecule has 0 aliphatic heterocycles. The van der Waals surface area contributed by atoms with Crippen molar-refractivity contribution in [3.05, 3.63) is 33.3 Å². The summed E-state index contributed by atoms with van der Waals surface area (Å²) in [6, 6.07) is 3.45. The smallest absolute Gasteiger partial charge is 0.166 e. The zero-order valence-corrected chi connectivity index (χ0v) is 7.96. The Bertz CT molecular complexity index is 295. The van der Waals surface area contributed by atoms with E-state index in [1.54, 1.807) is 0 Å². The SMILES string of the molecule is FC(F)(F)c1ccc(Br)cc1Cl. The van der Waals surface area contributed by atoms with Crippen LogP contribution in [0.1, 0.15) is 5.56 Å². The number of hydrogen-bond donors (Lipinski definition) is 0. The molecule has 0 nitrogen and oxygen atoms in total. The van der Waals surface area contributed by atoms with Crippen LogP contribution in [0.3, 0.4) is 0 Å². The monoisotopic (exact) mass is 258 g/mol. The van der Waals surface area contributed by atoms with E-state index in [0.29, 0.717) is 4.47 Å². The Hall–Kier alpha value is -0.220. The van der Waals surface area contributed by atoms with Crippen LogP contribution in [0.25, 0.3) is 0 Å². The van der Waals surface area contributed by atoms with E-state index in [-0.39, 0.29) is 5.02 Å². The van der Waals surface area contributed by atoms with Gasteiger partial charge >= 0.3 is 6.18 Å². The van der Waals surface area contributed by atoms with Gasteiger partial charge in [-0.2, -0.15) is 13.2 Å². The van der Waals surface area contributed by atoms with E-state index in [1.807, 2.05) is 0 Å². The summed E-state index contributed by atoms with van der Waals surface area (Å²) in [6.45, 7) is 0. The molecule has 12 heavy (non-hydrogen) atoms. The second kappa shape index (κ2) is 3.26. The second-order valence-corrected chi connectivity index (χ2v) is 3.44. The van der Waals surface area contributed by atoms with Gasteiger partial charge in [0.25, 0.3) is 0 Å². The van der Waals surface area contributed by atoms with Crippen molar-refractivity contribution in [2.45, 2.75) is 6.18 Å². The van der Waals surface area contributed by atoms with Crippen LogP contribution in [-0.4, -0.2) is 0 Å². The van der Waals surface area contributed by atoms with Crippen LogP contribution < -0.4 is 0 Å². The maximum atomic E-state index is 12.1. The first kappa shape index (κ1) is 9.86. The van der Waals surface area contributed by atoms with Gasteiger partial charge in [-0.05, 0) is 18.2 Å². The van der Waals surface area contributed by atoms with Crippen molar-refractivity contribution in [1.82, 2.24) is 0 Å². The van der Waals surface area contributed by atoms with Crippen molar-refractivity contribution in [1.29, 1.82) is 0 Å². The highest BCUT2D eigenvalue weighted by Gasteiger charge is 2.32. The third-order valence-electron chi connectivity index (χ3n) is 1.24. The van der Waals surface area contributed by atoms with Crippen LogP contribution in [0.4, 0.5) is 13.2 Å². The van der Waals surface area contributed by atoms with Gasteiger partial charge in [-0.15, -0.1) is 0 Å². The van der Waals surface area contributed by atoms with Gasteiger partial charge in [-0.3, -0.25) is 0 Å². The number of alkyl halides is 3. The largest absolute Gasteiger partial charge is 0.417 e. The molecule has 0 aliphatic carbocycles. The van der Waals surface area contributed by atoms with Gasteiger partial charge < -0.3 is 0 Å². The molecular weight excluding hydrogens is 256 g/mol. The van der Waals surface area contributed by atoms with Crippen LogP contribution in [-0.2, 0) is 6.18 Å². The van der Waals surface area contributed by atoms with Crippen molar-refractivity contribution in [2.24, 2.45) is 0 Å². The quantitative estimate of drug-likeness (QED) is 0.657. The zero-order valence-electron chi connectivity index (χ0n) is 5.62. The fourth-order valence-electron chi connectivity index (χ4n) is 0.719. The first-order valence-corrected chi connectivity index (χ1v) is 4.10. The molecule has 0 aliphatic rings. The number of hydrogen-bond acceptors (Lipinski definition) is 0. The molecular formula is C7H3BrClF3. The highest BCUT2D eigenvalue weighted by Crippen LogP contribution is 2.35. The van der Waals surface area contributed by atoms with Gasteiger partial charge in [0.2, 0.25) is 0 Å². The predicted molar refractivity (Wildman–Crippen MR) is 44.2 cm³/mol. The maximum absolute atomic E-state index is 12.1. The normalized spacial score (nSPS) is 11.8. The number of benzene rings is 1. The van der Waals surface area contributed by atoms with Crippen LogP contribution >= 0.6 is 27.5 Å². The summed E-state index contributed by atoms with van der Waals surface area (Å²) in [7, 11) is 0. The van der Waals surface area contributed by atoms with E-state index in [2.05, 4.69) is 15.9 Å². The van der Waals surface area contributed by atoms with Crippen molar-refractivity contribution in [3.63, 3.8) is 0 Å². The average molecular weight is 259 g/mol. The number of halogens is 5. The summed E-state index contributed by atoms with van der Waals surface area (Å²) in [5.74, 6) is 0. The Balaban J connectivity index is 3.19. The third-order valence-corrected chi connectivity index (χ3v) is 2.04. The Morgan fingerprint density at radius 3 is 2.25 bits per heavy atom. The molecule has 0 atom stereocenters. The van der Waals surface area contributed by atoms with Crippen molar-refractivity contribution in [3.8, 4) is 0 Å². The molecule has 0 N–H and O–H groups in total. The third kappa shape index (κ3) is 2.14. The van der Waals surface area contributed by atoms with Crippen molar-refractivity contribution >= 4 is 27.5 Å². The summed E-state index contributed by atoms with van der Waals surface area (Å²) in [6.07, 6.45) is -4.38. The molecule has 5 heteroatoms. The molecule has 1 aromatic rings.